The first kappa shape index (κ1) is 14.2. The summed E-state index contributed by atoms with van der Waals surface area (Å²) in [6.45, 7) is 1.52. The lowest BCUT2D eigenvalue weighted by Crippen LogP contribution is -2.39. The molecule has 1 aromatic carbocycles. The number of carbonyl (C=O) groups excluding carboxylic acids is 2. The van der Waals surface area contributed by atoms with Crippen LogP contribution in [0.5, 0.6) is 0 Å². The second-order valence-corrected chi connectivity index (χ2v) is 3.95. The Morgan fingerprint density at radius 2 is 1.94 bits per heavy atom. The van der Waals surface area contributed by atoms with E-state index in [2.05, 4.69) is 10.1 Å². The first-order chi connectivity index (χ1) is 8.56. The van der Waals surface area contributed by atoms with E-state index in [1.54, 1.807) is 24.3 Å². The maximum Gasteiger partial charge on any atom is 0.313 e. The number of rotatable bonds is 5. The van der Waals surface area contributed by atoms with Crippen molar-refractivity contribution in [2.24, 2.45) is 5.92 Å². The number of ether oxygens (including phenoxy) is 1. The molecule has 18 heavy (non-hydrogen) atoms. The molecule has 2 N–H and O–H groups in total. The maximum atomic E-state index is 11.7. The molecule has 0 saturated carbocycles. The van der Waals surface area contributed by atoms with Crippen molar-refractivity contribution in [1.29, 1.82) is 0 Å². The van der Waals surface area contributed by atoms with Gasteiger partial charge in [-0.25, -0.2) is 0 Å². The Hall–Kier alpha value is -1.88. The lowest BCUT2D eigenvalue weighted by atomic mass is 10.0. The van der Waals surface area contributed by atoms with Crippen LogP contribution in [0.1, 0.15) is 17.3 Å². The number of hydrogen-bond acceptors (Lipinski definition) is 4. The highest BCUT2D eigenvalue weighted by Gasteiger charge is 2.25. The fourth-order valence-electron chi connectivity index (χ4n) is 1.50. The molecule has 0 bridgehead atoms. The fraction of sp³-hybridized carbons (Fsp3) is 0.385. The zero-order chi connectivity index (χ0) is 13.5. The Labute approximate surface area is 106 Å². The van der Waals surface area contributed by atoms with E-state index in [0.717, 1.165) is 0 Å². The van der Waals surface area contributed by atoms with Crippen molar-refractivity contribution in [3.8, 4) is 0 Å². The van der Waals surface area contributed by atoms with Crippen LogP contribution in [0, 0.1) is 5.92 Å². The van der Waals surface area contributed by atoms with Crippen molar-refractivity contribution in [2.45, 2.75) is 13.0 Å². The number of amides is 1. The van der Waals surface area contributed by atoms with Crippen LogP contribution < -0.4 is 5.32 Å². The summed E-state index contributed by atoms with van der Waals surface area (Å²) in [4.78, 5) is 23.1. The molecule has 0 spiro atoms. The van der Waals surface area contributed by atoms with Crippen LogP contribution in [0.3, 0.4) is 0 Å². The first-order valence-electron chi connectivity index (χ1n) is 5.65. The Morgan fingerprint density at radius 1 is 1.33 bits per heavy atom. The van der Waals surface area contributed by atoms with Gasteiger partial charge in [-0.05, 0) is 19.1 Å². The van der Waals surface area contributed by atoms with Crippen molar-refractivity contribution >= 4 is 11.9 Å². The second kappa shape index (κ2) is 6.76. The van der Waals surface area contributed by atoms with Gasteiger partial charge in [-0.3, -0.25) is 9.59 Å². The molecule has 0 radical (unpaired) electrons. The van der Waals surface area contributed by atoms with Gasteiger partial charge in [-0.1, -0.05) is 18.2 Å². The Balaban J connectivity index is 2.58. The topological polar surface area (TPSA) is 75.6 Å². The number of carbonyl (C=O) groups is 2. The molecule has 0 aliphatic carbocycles. The van der Waals surface area contributed by atoms with Crippen LogP contribution in [-0.4, -0.2) is 36.7 Å². The van der Waals surface area contributed by atoms with E-state index < -0.39 is 18.0 Å². The highest BCUT2D eigenvalue weighted by atomic mass is 16.5. The molecule has 98 valence electrons. The largest absolute Gasteiger partial charge is 0.469 e. The van der Waals surface area contributed by atoms with Crippen LogP contribution in [0.4, 0.5) is 0 Å². The van der Waals surface area contributed by atoms with E-state index in [0.29, 0.717) is 5.56 Å². The van der Waals surface area contributed by atoms with Gasteiger partial charge in [-0.2, -0.15) is 0 Å². The third kappa shape index (κ3) is 3.85. The molecule has 5 nitrogen and oxygen atoms in total. The van der Waals surface area contributed by atoms with Crippen LogP contribution in [0.25, 0.3) is 0 Å². The van der Waals surface area contributed by atoms with Crippen molar-refractivity contribution in [3.05, 3.63) is 35.9 Å². The molecule has 0 aliphatic heterocycles. The van der Waals surface area contributed by atoms with Crippen LogP contribution >= 0.6 is 0 Å². The number of methoxy groups -OCH3 is 1. The third-order valence-corrected chi connectivity index (χ3v) is 2.60. The summed E-state index contributed by atoms with van der Waals surface area (Å²) in [5.74, 6) is -1.59. The zero-order valence-corrected chi connectivity index (χ0v) is 10.4. The predicted molar refractivity (Wildman–Crippen MR) is 66.0 cm³/mol. The predicted octanol–water partition coefficient (Wildman–Crippen LogP) is 0.586. The molecule has 1 rings (SSSR count). The maximum absolute atomic E-state index is 11.7. The van der Waals surface area contributed by atoms with Crippen molar-refractivity contribution in [3.63, 3.8) is 0 Å². The summed E-state index contributed by atoms with van der Waals surface area (Å²) in [5, 5.41) is 12.0. The molecule has 0 heterocycles. The molecule has 2 atom stereocenters. The quantitative estimate of drug-likeness (QED) is 0.751. The molecular weight excluding hydrogens is 234 g/mol. The van der Waals surface area contributed by atoms with E-state index >= 15 is 0 Å². The minimum atomic E-state index is -0.881. The van der Waals surface area contributed by atoms with Gasteiger partial charge >= 0.3 is 5.97 Å². The summed E-state index contributed by atoms with van der Waals surface area (Å²) >= 11 is 0. The highest BCUT2D eigenvalue weighted by Crippen LogP contribution is 2.05. The third-order valence-electron chi connectivity index (χ3n) is 2.60. The van der Waals surface area contributed by atoms with Crippen LogP contribution in [-0.2, 0) is 9.53 Å². The molecule has 5 heteroatoms. The van der Waals surface area contributed by atoms with Crippen molar-refractivity contribution < 1.29 is 19.4 Å². The number of hydrogen-bond donors (Lipinski definition) is 2. The first-order valence-corrected chi connectivity index (χ1v) is 5.65. The standard InChI is InChI=1S/C13H17NO4/c1-9(15)11(13(17)18-2)8-14-12(16)10-6-4-3-5-7-10/h3-7,9,11,15H,8H2,1-2H3,(H,14,16)/t9-,11+/m0/s1. The minimum Gasteiger partial charge on any atom is -0.469 e. The zero-order valence-electron chi connectivity index (χ0n) is 10.4. The normalized spacial score (nSPS) is 13.5. The summed E-state index contributed by atoms with van der Waals surface area (Å²) in [6.07, 6.45) is -0.881. The summed E-state index contributed by atoms with van der Waals surface area (Å²) in [7, 11) is 1.25. The number of aliphatic hydroxyl groups is 1. The van der Waals surface area contributed by atoms with Gasteiger partial charge in [0.05, 0.1) is 19.1 Å². The Kier molecular flexibility index (Phi) is 5.32. The van der Waals surface area contributed by atoms with Crippen LogP contribution in [0.15, 0.2) is 30.3 Å². The number of esters is 1. The molecule has 0 saturated heterocycles. The van der Waals surface area contributed by atoms with E-state index in [1.807, 2.05) is 6.07 Å². The second-order valence-electron chi connectivity index (χ2n) is 3.95. The van der Waals surface area contributed by atoms with E-state index in [9.17, 15) is 14.7 Å². The molecule has 1 aromatic rings. The average Bonchev–Trinajstić information content (AvgIpc) is 2.39. The molecule has 0 fully saturated rings. The summed E-state index contributed by atoms with van der Waals surface area (Å²) in [5.41, 5.74) is 0.506. The lowest BCUT2D eigenvalue weighted by molar-refractivity contribution is -0.148. The van der Waals surface area contributed by atoms with Gasteiger partial charge in [0.25, 0.3) is 5.91 Å². The average molecular weight is 251 g/mol. The molecule has 1 amide bonds. The van der Waals surface area contributed by atoms with Gasteiger partial charge in [-0.15, -0.1) is 0 Å². The molecule has 0 unspecified atom stereocenters. The summed E-state index contributed by atoms with van der Waals surface area (Å²) in [6, 6.07) is 8.66. The lowest BCUT2D eigenvalue weighted by Gasteiger charge is -2.17. The fourth-order valence-corrected chi connectivity index (χ4v) is 1.50. The minimum absolute atomic E-state index is 0.0397. The van der Waals surface area contributed by atoms with E-state index in [4.69, 9.17) is 0 Å². The number of benzene rings is 1. The van der Waals surface area contributed by atoms with Crippen molar-refractivity contribution in [2.75, 3.05) is 13.7 Å². The van der Waals surface area contributed by atoms with Crippen LogP contribution in [0.2, 0.25) is 0 Å². The molecule has 0 aromatic heterocycles. The van der Waals surface area contributed by atoms with Gasteiger partial charge in [0.1, 0.15) is 0 Å². The van der Waals surface area contributed by atoms with E-state index in [1.165, 1.54) is 14.0 Å². The highest BCUT2D eigenvalue weighted by molar-refractivity contribution is 5.94. The Morgan fingerprint density at radius 3 is 2.44 bits per heavy atom. The van der Waals surface area contributed by atoms with Gasteiger partial charge in [0.2, 0.25) is 0 Å². The smallest absolute Gasteiger partial charge is 0.313 e. The molecule has 0 aliphatic rings. The molecular formula is C13H17NO4. The monoisotopic (exact) mass is 251 g/mol. The number of nitrogens with one attached hydrogen (secondary N) is 1. The Bertz CT molecular complexity index is 403. The summed E-state index contributed by atoms with van der Waals surface area (Å²) < 4.78 is 4.56. The van der Waals surface area contributed by atoms with Crippen molar-refractivity contribution in [1.82, 2.24) is 5.32 Å². The van der Waals surface area contributed by atoms with Gasteiger partial charge in [0, 0.05) is 12.1 Å². The van der Waals surface area contributed by atoms with E-state index in [-0.39, 0.29) is 12.5 Å². The van der Waals surface area contributed by atoms with Gasteiger partial charge in [0.15, 0.2) is 0 Å². The van der Waals surface area contributed by atoms with Gasteiger partial charge < -0.3 is 15.2 Å². The number of aliphatic hydroxyl groups excluding tert-OH is 1. The SMILES string of the molecule is COC(=O)[C@H](CNC(=O)c1ccccc1)[C@H](C)O.